The van der Waals surface area contributed by atoms with Crippen molar-refractivity contribution < 1.29 is 13.2 Å². The molecule has 2 rings (SSSR count). The summed E-state index contributed by atoms with van der Waals surface area (Å²) in [5.41, 5.74) is 2.51. The monoisotopic (exact) mass is 286 g/mol. The van der Waals surface area contributed by atoms with Gasteiger partial charge < -0.3 is 0 Å². The molecule has 0 bridgehead atoms. The van der Waals surface area contributed by atoms with Crippen molar-refractivity contribution in [1.82, 2.24) is 9.88 Å². The number of rotatable bonds is 4. The van der Waals surface area contributed by atoms with Gasteiger partial charge >= 0.3 is 6.18 Å². The normalized spacial score (nSPS) is 13.7. The molecule has 0 fully saturated rings. The van der Waals surface area contributed by atoms with E-state index in [1.54, 1.807) is 29.1 Å². The number of alkyl halides is 3. The lowest BCUT2D eigenvalue weighted by molar-refractivity contribution is -0.184. The molecule has 0 spiro atoms. The Morgan fingerprint density at radius 2 is 1.95 bits per heavy atom. The van der Waals surface area contributed by atoms with Crippen molar-refractivity contribution in [2.75, 3.05) is 7.05 Å². The number of benzene rings is 1. The second-order valence-electron chi connectivity index (χ2n) is 4.25. The number of hydrogen-bond donors (Lipinski definition) is 0. The number of halogens is 3. The Bertz CT molecular complexity index is 496. The summed E-state index contributed by atoms with van der Waals surface area (Å²) in [5.74, 6) is 0. The Morgan fingerprint density at radius 1 is 1.26 bits per heavy atom. The van der Waals surface area contributed by atoms with Gasteiger partial charge in [-0.1, -0.05) is 30.3 Å². The van der Waals surface area contributed by atoms with Crippen molar-refractivity contribution in [3.8, 4) is 0 Å². The van der Waals surface area contributed by atoms with Gasteiger partial charge in [0.15, 0.2) is 0 Å². The summed E-state index contributed by atoms with van der Waals surface area (Å²) < 4.78 is 39.7. The van der Waals surface area contributed by atoms with Crippen LogP contribution in [0.3, 0.4) is 0 Å². The molecule has 19 heavy (non-hydrogen) atoms. The fourth-order valence-corrected chi connectivity index (χ4v) is 2.54. The van der Waals surface area contributed by atoms with Gasteiger partial charge in [0, 0.05) is 11.9 Å². The first kappa shape index (κ1) is 14.0. The van der Waals surface area contributed by atoms with Gasteiger partial charge in [0.1, 0.15) is 6.04 Å². The number of hydrogen-bond acceptors (Lipinski definition) is 3. The first-order chi connectivity index (χ1) is 8.98. The Kier molecular flexibility index (Phi) is 4.21. The molecule has 0 aliphatic rings. The van der Waals surface area contributed by atoms with Gasteiger partial charge in [-0.2, -0.15) is 13.2 Å². The van der Waals surface area contributed by atoms with E-state index in [9.17, 15) is 13.2 Å². The Hall–Kier alpha value is -1.40. The first-order valence-electron chi connectivity index (χ1n) is 5.67. The van der Waals surface area contributed by atoms with E-state index in [0.717, 1.165) is 0 Å². The van der Waals surface area contributed by atoms with Gasteiger partial charge in [-0.3, -0.25) is 4.90 Å². The summed E-state index contributed by atoms with van der Waals surface area (Å²) in [4.78, 5) is 5.29. The largest absolute Gasteiger partial charge is 0.408 e. The maximum Gasteiger partial charge on any atom is 0.408 e. The van der Waals surface area contributed by atoms with Crippen LogP contribution in [0.5, 0.6) is 0 Å². The van der Waals surface area contributed by atoms with E-state index in [1.165, 1.54) is 35.4 Å². The van der Waals surface area contributed by atoms with Crippen molar-refractivity contribution in [2.45, 2.75) is 18.8 Å². The molecule has 0 N–H and O–H groups in total. The third-order valence-corrected chi connectivity index (χ3v) is 3.40. The van der Waals surface area contributed by atoms with E-state index in [0.29, 0.717) is 5.69 Å². The predicted molar refractivity (Wildman–Crippen MR) is 68.8 cm³/mol. The molecule has 1 atom stereocenters. The lowest BCUT2D eigenvalue weighted by Gasteiger charge is -2.29. The van der Waals surface area contributed by atoms with Gasteiger partial charge in [-0.05, 0) is 12.6 Å². The highest BCUT2D eigenvalue weighted by molar-refractivity contribution is 7.07. The van der Waals surface area contributed by atoms with Crippen molar-refractivity contribution in [3.05, 3.63) is 52.5 Å². The van der Waals surface area contributed by atoms with Crippen LogP contribution in [-0.2, 0) is 6.54 Å². The fourth-order valence-electron chi connectivity index (χ4n) is 1.99. The van der Waals surface area contributed by atoms with E-state index in [-0.39, 0.29) is 12.1 Å². The lowest BCUT2D eigenvalue weighted by atomic mass is 10.1. The molecule has 2 aromatic rings. The lowest BCUT2D eigenvalue weighted by Crippen LogP contribution is -2.35. The van der Waals surface area contributed by atoms with E-state index < -0.39 is 12.2 Å². The second kappa shape index (κ2) is 5.71. The van der Waals surface area contributed by atoms with Crippen LogP contribution < -0.4 is 0 Å². The summed E-state index contributed by atoms with van der Waals surface area (Å²) in [6.07, 6.45) is -4.31. The highest BCUT2D eigenvalue weighted by Crippen LogP contribution is 2.37. The van der Waals surface area contributed by atoms with E-state index in [2.05, 4.69) is 4.98 Å². The highest BCUT2D eigenvalue weighted by Gasteiger charge is 2.43. The molecule has 0 aliphatic carbocycles. The van der Waals surface area contributed by atoms with Gasteiger partial charge in [0.25, 0.3) is 0 Å². The molecule has 2 nitrogen and oxygen atoms in total. The average molecular weight is 286 g/mol. The minimum Gasteiger partial charge on any atom is -0.286 e. The quantitative estimate of drug-likeness (QED) is 0.848. The molecule has 0 aliphatic heterocycles. The van der Waals surface area contributed by atoms with Crippen LogP contribution in [0.2, 0.25) is 0 Å². The summed E-state index contributed by atoms with van der Waals surface area (Å²) in [6.45, 7) is 0.169. The summed E-state index contributed by atoms with van der Waals surface area (Å²) in [6, 6.07) is 6.31. The number of aromatic nitrogens is 1. The average Bonchev–Trinajstić information content (AvgIpc) is 2.81. The van der Waals surface area contributed by atoms with E-state index in [4.69, 9.17) is 0 Å². The van der Waals surface area contributed by atoms with Gasteiger partial charge in [-0.15, -0.1) is 11.3 Å². The third-order valence-electron chi connectivity index (χ3n) is 2.76. The fraction of sp³-hybridized carbons (Fsp3) is 0.308. The van der Waals surface area contributed by atoms with Crippen molar-refractivity contribution >= 4 is 11.3 Å². The molecule has 0 unspecified atom stereocenters. The highest BCUT2D eigenvalue weighted by atomic mass is 32.1. The van der Waals surface area contributed by atoms with Crippen LogP contribution in [0, 0.1) is 0 Å². The molecule has 0 saturated carbocycles. The van der Waals surface area contributed by atoms with Crippen LogP contribution in [-0.4, -0.2) is 23.1 Å². The van der Waals surface area contributed by atoms with Crippen LogP contribution >= 0.6 is 11.3 Å². The Morgan fingerprint density at radius 3 is 2.47 bits per heavy atom. The van der Waals surface area contributed by atoms with Crippen molar-refractivity contribution in [2.24, 2.45) is 0 Å². The van der Waals surface area contributed by atoms with Crippen LogP contribution in [0.4, 0.5) is 13.2 Å². The van der Waals surface area contributed by atoms with Gasteiger partial charge in [-0.25, -0.2) is 4.98 Å². The van der Waals surface area contributed by atoms with Crippen molar-refractivity contribution in [1.29, 1.82) is 0 Å². The molecule has 0 radical (unpaired) electrons. The van der Waals surface area contributed by atoms with Gasteiger partial charge in [0.05, 0.1) is 11.2 Å². The zero-order valence-electron chi connectivity index (χ0n) is 10.3. The smallest absolute Gasteiger partial charge is 0.286 e. The minimum absolute atomic E-state index is 0.169. The van der Waals surface area contributed by atoms with Crippen LogP contribution in [0.25, 0.3) is 0 Å². The zero-order chi connectivity index (χ0) is 13.9. The van der Waals surface area contributed by atoms with Crippen LogP contribution in [0.1, 0.15) is 17.3 Å². The molecule has 1 heterocycles. The molecular weight excluding hydrogens is 273 g/mol. The maximum atomic E-state index is 13.2. The topological polar surface area (TPSA) is 16.1 Å². The third kappa shape index (κ3) is 3.54. The van der Waals surface area contributed by atoms with Crippen molar-refractivity contribution in [3.63, 3.8) is 0 Å². The first-order valence-corrected chi connectivity index (χ1v) is 6.61. The molecular formula is C13H13F3N2S. The van der Waals surface area contributed by atoms with E-state index >= 15 is 0 Å². The second-order valence-corrected chi connectivity index (χ2v) is 4.97. The van der Waals surface area contributed by atoms with Crippen LogP contribution in [0.15, 0.2) is 41.2 Å². The molecule has 102 valence electrons. The molecule has 6 heteroatoms. The zero-order valence-corrected chi connectivity index (χ0v) is 11.1. The summed E-state index contributed by atoms with van der Waals surface area (Å²) in [7, 11) is 1.46. The van der Waals surface area contributed by atoms with Gasteiger partial charge in [0.2, 0.25) is 0 Å². The molecule has 0 saturated heterocycles. The Labute approximate surface area is 113 Å². The maximum absolute atomic E-state index is 13.2. The molecule has 0 amide bonds. The van der Waals surface area contributed by atoms with E-state index in [1.807, 2.05) is 0 Å². The Balaban J connectivity index is 2.23. The molecule has 1 aromatic heterocycles. The SMILES string of the molecule is CN(Cc1cscn1)[C@H](c1ccccc1)C(F)(F)F. The summed E-state index contributed by atoms with van der Waals surface area (Å²) >= 11 is 1.38. The predicted octanol–water partition coefficient (Wildman–Crippen LogP) is 3.88. The summed E-state index contributed by atoms with van der Waals surface area (Å²) in [5, 5.41) is 1.76. The molecule has 1 aromatic carbocycles. The minimum atomic E-state index is -4.31. The number of nitrogens with zero attached hydrogens (tertiary/aromatic N) is 2. The number of thiazole rings is 1. The standard InChI is InChI=1S/C13H13F3N2S/c1-18(7-11-8-19-9-17-11)12(13(14,15)16)10-5-3-2-4-6-10/h2-6,8-9,12H,7H2,1H3/t12-/m1/s1.